The van der Waals surface area contributed by atoms with Crippen LogP contribution in [-0.2, 0) is 4.79 Å². The molecule has 0 radical (unpaired) electrons. The van der Waals surface area contributed by atoms with E-state index in [1.807, 2.05) is 12.1 Å². The zero-order valence-electron chi connectivity index (χ0n) is 14.4. The summed E-state index contributed by atoms with van der Waals surface area (Å²) in [6.07, 6.45) is 1.50. The molecular weight excluding hydrogens is 384 g/mol. The Morgan fingerprint density at radius 3 is 2.56 bits per heavy atom. The van der Waals surface area contributed by atoms with Gasteiger partial charge in [0.05, 0.1) is 17.8 Å². The maximum absolute atomic E-state index is 12.7. The summed E-state index contributed by atoms with van der Waals surface area (Å²) >= 11 is 11.2. The molecule has 6 nitrogen and oxygen atoms in total. The van der Waals surface area contributed by atoms with Crippen molar-refractivity contribution in [2.75, 3.05) is 0 Å². The van der Waals surface area contributed by atoms with Gasteiger partial charge in [-0.3, -0.25) is 4.79 Å². The highest BCUT2D eigenvalue weighted by Gasteiger charge is 2.29. The molecule has 1 unspecified atom stereocenters. The summed E-state index contributed by atoms with van der Waals surface area (Å²) in [5.41, 5.74) is 5.26. The van der Waals surface area contributed by atoms with E-state index in [1.165, 1.54) is 6.21 Å². The molecule has 1 amide bonds. The Morgan fingerprint density at radius 2 is 1.89 bits per heavy atom. The number of phenolic OH excluding ortho intramolecular Hbond substituents is 1. The predicted octanol–water partition coefficient (Wildman–Crippen LogP) is 2.99. The van der Waals surface area contributed by atoms with Gasteiger partial charge in [-0.05, 0) is 66.7 Å². The molecule has 0 bridgehead atoms. The molecule has 0 fully saturated rings. The van der Waals surface area contributed by atoms with Crippen LogP contribution in [0.1, 0.15) is 24.1 Å². The number of carbonyl (C=O) groups excluding carboxylic acids is 1. The van der Waals surface area contributed by atoms with Gasteiger partial charge < -0.3 is 15.7 Å². The van der Waals surface area contributed by atoms with Crippen molar-refractivity contribution < 1.29 is 9.90 Å². The average molecular weight is 401 g/mol. The van der Waals surface area contributed by atoms with E-state index in [0.29, 0.717) is 21.4 Å². The van der Waals surface area contributed by atoms with Crippen molar-refractivity contribution in [2.24, 2.45) is 5.10 Å². The second-order valence-electron chi connectivity index (χ2n) is 5.91. The molecule has 1 aliphatic rings. The molecule has 3 rings (SSSR count). The Bertz CT molecular complexity index is 924. The van der Waals surface area contributed by atoms with Crippen LogP contribution in [0.2, 0.25) is 5.02 Å². The second kappa shape index (κ2) is 8.20. The molecule has 0 spiro atoms. The second-order valence-corrected chi connectivity index (χ2v) is 6.76. The molecule has 0 saturated carbocycles. The zero-order valence-corrected chi connectivity index (χ0v) is 15.9. The number of amides is 1. The van der Waals surface area contributed by atoms with Gasteiger partial charge in [0.2, 0.25) is 0 Å². The third kappa shape index (κ3) is 4.64. The third-order valence-corrected chi connectivity index (χ3v) is 4.46. The lowest BCUT2D eigenvalue weighted by Gasteiger charge is -2.30. The van der Waals surface area contributed by atoms with Gasteiger partial charge in [0.15, 0.2) is 5.11 Å². The fourth-order valence-electron chi connectivity index (χ4n) is 2.69. The van der Waals surface area contributed by atoms with Gasteiger partial charge >= 0.3 is 0 Å². The normalized spacial score (nSPS) is 16.8. The predicted molar refractivity (Wildman–Crippen MR) is 110 cm³/mol. The van der Waals surface area contributed by atoms with Gasteiger partial charge in [0, 0.05) is 10.7 Å². The molecule has 8 heteroatoms. The first kappa shape index (κ1) is 18.9. The summed E-state index contributed by atoms with van der Waals surface area (Å²) in [5, 5.41) is 20.4. The number of hydrogen-bond acceptors (Lipinski definition) is 4. The van der Waals surface area contributed by atoms with Gasteiger partial charge in [-0.1, -0.05) is 23.7 Å². The van der Waals surface area contributed by atoms with Crippen LogP contribution in [0, 0.1) is 0 Å². The molecule has 0 aromatic heterocycles. The van der Waals surface area contributed by atoms with Crippen molar-refractivity contribution in [3.63, 3.8) is 0 Å². The summed E-state index contributed by atoms with van der Waals surface area (Å²) in [6.45, 7) is 1.79. The van der Waals surface area contributed by atoms with Crippen molar-refractivity contribution in [3.05, 3.63) is 76.0 Å². The fourth-order valence-corrected chi connectivity index (χ4v) is 3.08. The van der Waals surface area contributed by atoms with Gasteiger partial charge in [0.1, 0.15) is 5.75 Å². The van der Waals surface area contributed by atoms with E-state index in [9.17, 15) is 9.90 Å². The number of hydrazone groups is 1. The highest BCUT2D eigenvalue weighted by molar-refractivity contribution is 7.80. The van der Waals surface area contributed by atoms with Crippen LogP contribution < -0.4 is 16.1 Å². The van der Waals surface area contributed by atoms with Gasteiger partial charge in [-0.2, -0.15) is 5.10 Å². The molecule has 1 atom stereocenters. The van der Waals surface area contributed by atoms with Crippen molar-refractivity contribution in [2.45, 2.75) is 13.0 Å². The Kier molecular flexibility index (Phi) is 5.73. The van der Waals surface area contributed by atoms with Crippen molar-refractivity contribution >= 4 is 41.1 Å². The molecule has 1 heterocycles. The minimum Gasteiger partial charge on any atom is -0.508 e. The Morgan fingerprint density at radius 1 is 1.22 bits per heavy atom. The highest BCUT2D eigenvalue weighted by Crippen LogP contribution is 2.27. The summed E-state index contributed by atoms with van der Waals surface area (Å²) in [5.74, 6) is -0.192. The van der Waals surface area contributed by atoms with Gasteiger partial charge in [-0.15, -0.1) is 0 Å². The number of thiocarbonyl (C=S) groups is 1. The molecule has 27 heavy (non-hydrogen) atoms. The number of carbonyl (C=O) groups is 1. The lowest BCUT2D eigenvalue weighted by Crippen LogP contribution is -2.46. The first-order chi connectivity index (χ1) is 12.9. The van der Waals surface area contributed by atoms with Crippen LogP contribution in [0.3, 0.4) is 0 Å². The van der Waals surface area contributed by atoms with Crippen molar-refractivity contribution in [1.29, 1.82) is 0 Å². The van der Waals surface area contributed by atoms with E-state index in [-0.39, 0.29) is 11.7 Å². The zero-order chi connectivity index (χ0) is 19.4. The Balaban J connectivity index is 1.81. The standard InChI is InChI=1S/C19H17ClN4O2S/c1-11-16(18(26)24-21-10-12-2-8-15(25)9-3-12)17(23-19(27)22-11)13-4-6-14(20)7-5-13/h2-10,17,25H,1H3,(H,24,26)(H2,22,23,27)/b21-10+. The van der Waals surface area contributed by atoms with Crippen LogP contribution in [0.25, 0.3) is 0 Å². The number of halogens is 1. The van der Waals surface area contributed by atoms with E-state index in [1.54, 1.807) is 43.3 Å². The number of aromatic hydroxyl groups is 1. The number of nitrogens with zero attached hydrogens (tertiary/aromatic N) is 1. The van der Waals surface area contributed by atoms with E-state index >= 15 is 0 Å². The summed E-state index contributed by atoms with van der Waals surface area (Å²) in [7, 11) is 0. The topological polar surface area (TPSA) is 85.8 Å². The summed E-state index contributed by atoms with van der Waals surface area (Å²) in [6, 6.07) is 13.3. The fraction of sp³-hybridized carbons (Fsp3) is 0.105. The minimum absolute atomic E-state index is 0.165. The number of hydrogen-bond donors (Lipinski definition) is 4. The van der Waals surface area contributed by atoms with Gasteiger partial charge in [0.25, 0.3) is 5.91 Å². The van der Waals surface area contributed by atoms with E-state index in [4.69, 9.17) is 23.8 Å². The largest absolute Gasteiger partial charge is 0.508 e. The SMILES string of the molecule is CC1=C(C(=O)N/N=C/c2ccc(O)cc2)C(c2ccc(Cl)cc2)NC(=S)N1. The van der Waals surface area contributed by atoms with Crippen LogP contribution in [0.15, 0.2) is 64.9 Å². The number of allylic oxidation sites excluding steroid dienone is 1. The van der Waals surface area contributed by atoms with Crippen LogP contribution in [0.5, 0.6) is 5.75 Å². The van der Waals surface area contributed by atoms with Crippen LogP contribution in [0.4, 0.5) is 0 Å². The Labute approximate surface area is 166 Å². The summed E-state index contributed by atoms with van der Waals surface area (Å²) < 4.78 is 0. The molecule has 0 saturated heterocycles. The smallest absolute Gasteiger partial charge is 0.271 e. The molecule has 4 N–H and O–H groups in total. The number of benzene rings is 2. The van der Waals surface area contributed by atoms with Crippen LogP contribution in [-0.4, -0.2) is 22.3 Å². The maximum Gasteiger partial charge on any atom is 0.271 e. The molecular formula is C19H17ClN4O2S. The van der Waals surface area contributed by atoms with E-state index in [2.05, 4.69) is 21.2 Å². The quantitative estimate of drug-likeness (QED) is 0.360. The Hall–Kier alpha value is -2.90. The molecule has 138 valence electrons. The maximum atomic E-state index is 12.7. The molecule has 1 aliphatic heterocycles. The first-order valence-electron chi connectivity index (χ1n) is 8.10. The van der Waals surface area contributed by atoms with E-state index in [0.717, 1.165) is 11.1 Å². The average Bonchev–Trinajstić information content (AvgIpc) is 2.63. The highest BCUT2D eigenvalue weighted by atomic mass is 35.5. The third-order valence-electron chi connectivity index (χ3n) is 3.99. The van der Waals surface area contributed by atoms with Crippen LogP contribution >= 0.6 is 23.8 Å². The molecule has 0 aliphatic carbocycles. The molecule has 2 aromatic carbocycles. The lowest BCUT2D eigenvalue weighted by molar-refractivity contribution is -0.117. The lowest BCUT2D eigenvalue weighted by atomic mass is 9.95. The van der Waals surface area contributed by atoms with Crippen molar-refractivity contribution in [3.8, 4) is 5.75 Å². The van der Waals surface area contributed by atoms with E-state index < -0.39 is 6.04 Å². The minimum atomic E-state index is -0.417. The van der Waals surface area contributed by atoms with Gasteiger partial charge in [-0.25, -0.2) is 5.43 Å². The first-order valence-corrected chi connectivity index (χ1v) is 8.89. The number of phenols is 1. The molecule has 2 aromatic rings. The monoisotopic (exact) mass is 400 g/mol. The van der Waals surface area contributed by atoms with Crippen molar-refractivity contribution in [1.82, 2.24) is 16.1 Å². The number of rotatable bonds is 4. The number of nitrogens with one attached hydrogen (secondary N) is 3. The summed E-state index contributed by atoms with van der Waals surface area (Å²) in [4.78, 5) is 12.7.